The molecule has 0 spiro atoms. The molecule has 6 rings (SSSR count). The molecule has 3 aliphatic heterocycles. The van der Waals surface area contributed by atoms with Crippen LogP contribution in [-0.2, 0) is 11.3 Å². The molecule has 3 amide bonds. The molecule has 41 heavy (non-hydrogen) atoms. The van der Waals surface area contributed by atoms with Crippen molar-refractivity contribution < 1.29 is 9.59 Å². The Morgan fingerprint density at radius 2 is 1.76 bits per heavy atom. The third-order valence-electron chi connectivity index (χ3n) is 8.19. The highest BCUT2D eigenvalue weighted by Crippen LogP contribution is 2.41. The van der Waals surface area contributed by atoms with Crippen molar-refractivity contribution in [2.75, 3.05) is 66.8 Å². The minimum absolute atomic E-state index is 0.0479. The maximum atomic E-state index is 13.7. The summed E-state index contributed by atoms with van der Waals surface area (Å²) >= 11 is 0. The van der Waals surface area contributed by atoms with Gasteiger partial charge in [-0.25, -0.2) is 9.78 Å². The van der Waals surface area contributed by atoms with E-state index in [0.29, 0.717) is 31.3 Å². The van der Waals surface area contributed by atoms with Crippen LogP contribution in [0, 0.1) is 0 Å². The Morgan fingerprint density at radius 1 is 1.00 bits per heavy atom. The number of nitrogens with zero attached hydrogens (tertiary/aromatic N) is 7. The van der Waals surface area contributed by atoms with Crippen LogP contribution in [0.5, 0.6) is 0 Å². The minimum Gasteiger partial charge on any atom is -0.369 e. The summed E-state index contributed by atoms with van der Waals surface area (Å²) in [5, 5.41) is 3.30. The number of para-hydroxylation sites is 1. The highest BCUT2D eigenvalue weighted by Gasteiger charge is 2.38. The van der Waals surface area contributed by atoms with Gasteiger partial charge in [-0.1, -0.05) is 24.3 Å². The van der Waals surface area contributed by atoms with E-state index in [1.165, 1.54) is 5.69 Å². The number of rotatable bonds is 5. The predicted molar refractivity (Wildman–Crippen MR) is 162 cm³/mol. The lowest BCUT2D eigenvalue weighted by atomic mass is 9.94. The number of carbonyl (C=O) groups is 2. The normalized spacial score (nSPS) is 19.4. The molecule has 0 saturated carbocycles. The fourth-order valence-electron chi connectivity index (χ4n) is 5.91. The first-order valence-electron chi connectivity index (χ1n) is 14.2. The molecule has 2 aromatic carbocycles. The predicted octanol–water partition coefficient (Wildman–Crippen LogP) is 4.40. The van der Waals surface area contributed by atoms with Crippen molar-refractivity contribution in [1.29, 1.82) is 0 Å². The van der Waals surface area contributed by atoms with Gasteiger partial charge in [-0.15, -0.1) is 0 Å². The Hall–Kier alpha value is -4.44. The number of amides is 3. The van der Waals surface area contributed by atoms with Crippen LogP contribution < -0.4 is 20.0 Å². The van der Waals surface area contributed by atoms with Crippen molar-refractivity contribution >= 4 is 40.8 Å². The molecule has 0 radical (unpaired) electrons. The molecule has 10 nitrogen and oxygen atoms in total. The van der Waals surface area contributed by atoms with Gasteiger partial charge < -0.3 is 24.9 Å². The average Bonchev–Trinajstić information content (AvgIpc) is 3.00. The summed E-state index contributed by atoms with van der Waals surface area (Å²) in [7, 11) is 3.91. The first-order chi connectivity index (χ1) is 19.9. The fourth-order valence-corrected chi connectivity index (χ4v) is 5.91. The molecule has 1 aromatic heterocycles. The van der Waals surface area contributed by atoms with Gasteiger partial charge in [-0.3, -0.25) is 9.69 Å². The van der Waals surface area contributed by atoms with Crippen LogP contribution >= 0.6 is 0 Å². The first kappa shape index (κ1) is 26.8. The van der Waals surface area contributed by atoms with Crippen molar-refractivity contribution in [2.45, 2.75) is 25.9 Å². The molecule has 4 heterocycles. The number of nitrogens with one attached hydrogen (secondary N) is 1. The van der Waals surface area contributed by atoms with Crippen molar-refractivity contribution in [3.63, 3.8) is 0 Å². The number of urea groups is 1. The van der Waals surface area contributed by atoms with E-state index in [-0.39, 0.29) is 18.0 Å². The Balaban J connectivity index is 1.19. The van der Waals surface area contributed by atoms with Gasteiger partial charge >= 0.3 is 6.03 Å². The van der Waals surface area contributed by atoms with E-state index in [4.69, 9.17) is 4.98 Å². The van der Waals surface area contributed by atoms with Gasteiger partial charge in [0.25, 0.3) is 5.91 Å². The molecule has 1 fully saturated rings. The van der Waals surface area contributed by atoms with Gasteiger partial charge in [0.2, 0.25) is 5.95 Å². The van der Waals surface area contributed by atoms with Crippen LogP contribution in [-0.4, -0.2) is 78.5 Å². The summed E-state index contributed by atoms with van der Waals surface area (Å²) in [6.07, 6.45) is 5.79. The maximum Gasteiger partial charge on any atom is 0.326 e. The number of anilines is 5. The van der Waals surface area contributed by atoms with Crippen LogP contribution in [0.2, 0.25) is 0 Å². The summed E-state index contributed by atoms with van der Waals surface area (Å²) in [5.74, 6) is 1.00. The molecular weight excluding hydrogens is 516 g/mol. The second kappa shape index (κ2) is 11.2. The molecule has 1 saturated heterocycles. The van der Waals surface area contributed by atoms with Crippen LogP contribution in [0.3, 0.4) is 0 Å². The number of benzene rings is 2. The lowest BCUT2D eigenvalue weighted by Crippen LogP contribution is -2.49. The molecule has 3 aromatic rings. The summed E-state index contributed by atoms with van der Waals surface area (Å²) in [6, 6.07) is 15.9. The summed E-state index contributed by atoms with van der Waals surface area (Å²) in [6.45, 7) is 6.95. The molecule has 1 atom stereocenters. The number of hydrogen-bond donors (Lipinski definition) is 1. The fraction of sp³-hybridized carbons (Fsp3) is 0.355. The lowest BCUT2D eigenvalue weighted by Gasteiger charge is -2.43. The molecule has 3 aliphatic rings. The van der Waals surface area contributed by atoms with Gasteiger partial charge in [0.15, 0.2) is 0 Å². The Kier molecular flexibility index (Phi) is 7.32. The maximum absolute atomic E-state index is 13.7. The van der Waals surface area contributed by atoms with E-state index in [1.54, 1.807) is 35.2 Å². The molecule has 0 aliphatic carbocycles. The molecule has 0 bridgehead atoms. The third kappa shape index (κ3) is 5.22. The zero-order chi connectivity index (χ0) is 28.5. The highest BCUT2D eigenvalue weighted by molar-refractivity contribution is 6.02. The van der Waals surface area contributed by atoms with Crippen LogP contribution in [0.1, 0.15) is 30.5 Å². The van der Waals surface area contributed by atoms with E-state index < -0.39 is 0 Å². The number of piperazine rings is 1. The van der Waals surface area contributed by atoms with Crippen molar-refractivity contribution in [3.05, 3.63) is 78.0 Å². The molecule has 212 valence electrons. The lowest BCUT2D eigenvalue weighted by molar-refractivity contribution is -0.114. The van der Waals surface area contributed by atoms with E-state index in [2.05, 4.69) is 39.3 Å². The first-order valence-corrected chi connectivity index (χ1v) is 14.2. The zero-order valence-electron chi connectivity index (χ0n) is 23.8. The second-order valence-electron chi connectivity index (χ2n) is 10.8. The van der Waals surface area contributed by atoms with E-state index in [0.717, 1.165) is 48.7 Å². The SMILES string of the molecule is C/C=C/C(=O)N1CC[C@H](N2Cc3cnc(Nc4ccc(N5CCN(C)CC5)cc4)nc3N(C)C2=O)c2ccccc21. The van der Waals surface area contributed by atoms with Crippen LogP contribution in [0.25, 0.3) is 0 Å². The van der Waals surface area contributed by atoms with Gasteiger partial charge in [0.05, 0.1) is 12.6 Å². The van der Waals surface area contributed by atoms with E-state index in [9.17, 15) is 9.59 Å². The smallest absolute Gasteiger partial charge is 0.326 e. The minimum atomic E-state index is -0.152. The van der Waals surface area contributed by atoms with Crippen LogP contribution in [0.4, 0.5) is 33.6 Å². The summed E-state index contributed by atoms with van der Waals surface area (Å²) < 4.78 is 0. The molecule has 1 N–H and O–H groups in total. The average molecular weight is 553 g/mol. The van der Waals surface area contributed by atoms with Crippen LogP contribution in [0.15, 0.2) is 66.9 Å². The highest BCUT2D eigenvalue weighted by atomic mass is 16.2. The van der Waals surface area contributed by atoms with Crippen molar-refractivity contribution in [3.8, 4) is 0 Å². The molecular formula is C31H36N8O2. The molecule has 0 unspecified atom stereocenters. The van der Waals surface area contributed by atoms with Gasteiger partial charge in [0.1, 0.15) is 5.82 Å². The number of fused-ring (bicyclic) bond motifs is 2. The van der Waals surface area contributed by atoms with Gasteiger partial charge in [-0.2, -0.15) is 4.98 Å². The number of hydrogen-bond acceptors (Lipinski definition) is 7. The van der Waals surface area contributed by atoms with Gasteiger partial charge in [0, 0.05) is 68.6 Å². The standard InChI is InChI=1S/C31H36N8O2/c1-4-7-28(40)38-15-14-27(25-8-5-6-9-26(25)38)39-21-22-20-32-30(34-29(22)36(3)31(39)41)33-23-10-12-24(13-11-23)37-18-16-35(2)17-19-37/h4-13,20,27H,14-19,21H2,1-3H3,(H,32,33,34)/b7-4+/t27-/m0/s1. The Morgan fingerprint density at radius 3 is 2.51 bits per heavy atom. The molecule has 10 heteroatoms. The van der Waals surface area contributed by atoms with E-state index in [1.807, 2.05) is 48.2 Å². The van der Waals surface area contributed by atoms with E-state index >= 15 is 0 Å². The number of carbonyl (C=O) groups excluding carboxylic acids is 2. The zero-order valence-corrected chi connectivity index (χ0v) is 23.8. The quantitative estimate of drug-likeness (QED) is 0.470. The number of allylic oxidation sites excluding steroid dienone is 1. The summed E-state index contributed by atoms with van der Waals surface area (Å²) in [4.78, 5) is 45.7. The van der Waals surface area contributed by atoms with Crippen molar-refractivity contribution in [2.24, 2.45) is 0 Å². The second-order valence-corrected chi connectivity index (χ2v) is 10.8. The monoisotopic (exact) mass is 552 g/mol. The third-order valence-corrected chi connectivity index (χ3v) is 8.19. The summed E-state index contributed by atoms with van der Waals surface area (Å²) in [5.41, 5.74) is 4.81. The largest absolute Gasteiger partial charge is 0.369 e. The number of likely N-dealkylation sites (N-methyl/N-ethyl adjacent to an activating group) is 1. The topological polar surface area (TPSA) is 88.2 Å². The number of aromatic nitrogens is 2. The van der Waals surface area contributed by atoms with Gasteiger partial charge in [-0.05, 0) is 62.4 Å². The Bertz CT molecular complexity index is 1470. The van der Waals surface area contributed by atoms with Crippen molar-refractivity contribution in [1.82, 2.24) is 19.8 Å². The Labute approximate surface area is 240 Å².